The number of sulfonamides is 1. The molecule has 0 fully saturated rings. The number of carbonyl (C=O) groups is 1. The summed E-state index contributed by atoms with van der Waals surface area (Å²) in [7, 11) is -3.68. The number of hydrogen-bond acceptors (Lipinski definition) is 4. The van der Waals surface area contributed by atoms with Gasteiger partial charge in [-0.2, -0.15) is 5.10 Å². The first-order valence-electron chi connectivity index (χ1n) is 8.21. The van der Waals surface area contributed by atoms with E-state index in [2.05, 4.69) is 15.2 Å². The second-order valence-corrected chi connectivity index (χ2v) is 7.87. The van der Waals surface area contributed by atoms with Crippen LogP contribution >= 0.6 is 11.6 Å². The summed E-state index contributed by atoms with van der Waals surface area (Å²) in [6.45, 7) is 0. The molecular formula is C20H16ClN3O3S. The van der Waals surface area contributed by atoms with Gasteiger partial charge in [-0.3, -0.25) is 9.52 Å². The number of hydrogen-bond donors (Lipinski definition) is 2. The molecule has 3 rings (SSSR count). The molecule has 0 atom stereocenters. The van der Waals surface area contributed by atoms with Crippen molar-refractivity contribution in [2.24, 2.45) is 5.10 Å². The lowest BCUT2D eigenvalue weighted by atomic mass is 10.2. The molecule has 0 aliphatic carbocycles. The predicted octanol–water partition coefficient (Wildman–Crippen LogP) is 3.90. The average molecular weight is 414 g/mol. The lowest BCUT2D eigenvalue weighted by molar-refractivity contribution is 0.0955. The zero-order chi connectivity index (χ0) is 20.0. The van der Waals surface area contributed by atoms with Crippen LogP contribution in [0, 0.1) is 0 Å². The Balaban J connectivity index is 1.63. The minimum atomic E-state index is -3.68. The molecule has 0 aromatic heterocycles. The van der Waals surface area contributed by atoms with Crippen LogP contribution in [0.2, 0.25) is 5.02 Å². The van der Waals surface area contributed by atoms with Crippen molar-refractivity contribution in [2.75, 3.05) is 4.72 Å². The summed E-state index contributed by atoms with van der Waals surface area (Å²) in [5.74, 6) is -0.421. The zero-order valence-corrected chi connectivity index (χ0v) is 16.1. The molecule has 1 amide bonds. The minimum absolute atomic E-state index is 0.159. The van der Waals surface area contributed by atoms with Crippen molar-refractivity contribution in [1.29, 1.82) is 0 Å². The lowest BCUT2D eigenvalue weighted by Crippen LogP contribution is -2.18. The number of benzene rings is 3. The number of hydrazone groups is 1. The molecular weight excluding hydrogens is 398 g/mol. The molecule has 0 unspecified atom stereocenters. The Morgan fingerprint density at radius 2 is 1.64 bits per heavy atom. The maximum absolute atomic E-state index is 12.3. The maximum atomic E-state index is 12.3. The number of nitrogens with zero attached hydrogens (tertiary/aromatic N) is 1. The summed E-state index contributed by atoms with van der Waals surface area (Å²) in [6.07, 6.45) is 1.48. The molecule has 0 spiro atoms. The van der Waals surface area contributed by atoms with Crippen LogP contribution in [0.3, 0.4) is 0 Å². The van der Waals surface area contributed by atoms with E-state index in [0.717, 1.165) is 5.56 Å². The van der Waals surface area contributed by atoms with Gasteiger partial charge in [0, 0.05) is 16.3 Å². The SMILES string of the molecule is O=C(N/N=C\c1cccc(Cl)c1)c1ccc(NS(=O)(=O)c2ccccc2)cc1. The van der Waals surface area contributed by atoms with Crippen molar-refractivity contribution in [3.05, 3.63) is 95.0 Å². The van der Waals surface area contributed by atoms with Crippen LogP contribution in [-0.2, 0) is 10.0 Å². The molecule has 28 heavy (non-hydrogen) atoms. The monoisotopic (exact) mass is 413 g/mol. The van der Waals surface area contributed by atoms with Crippen molar-refractivity contribution >= 4 is 39.4 Å². The first-order chi connectivity index (χ1) is 13.4. The second-order valence-electron chi connectivity index (χ2n) is 5.75. The van der Waals surface area contributed by atoms with E-state index in [1.807, 2.05) is 0 Å². The summed E-state index contributed by atoms with van der Waals surface area (Å²) < 4.78 is 27.1. The van der Waals surface area contributed by atoms with Gasteiger partial charge >= 0.3 is 0 Å². The number of rotatable bonds is 6. The zero-order valence-electron chi connectivity index (χ0n) is 14.5. The molecule has 0 saturated heterocycles. The fraction of sp³-hybridized carbons (Fsp3) is 0. The minimum Gasteiger partial charge on any atom is -0.280 e. The topological polar surface area (TPSA) is 87.6 Å². The van der Waals surface area contributed by atoms with E-state index in [9.17, 15) is 13.2 Å². The van der Waals surface area contributed by atoms with E-state index in [0.29, 0.717) is 16.3 Å². The molecule has 0 heterocycles. The lowest BCUT2D eigenvalue weighted by Gasteiger charge is -2.08. The Bertz CT molecular complexity index is 1100. The van der Waals surface area contributed by atoms with Gasteiger partial charge < -0.3 is 0 Å². The number of amides is 1. The fourth-order valence-corrected chi connectivity index (χ4v) is 3.60. The van der Waals surface area contributed by atoms with Crippen molar-refractivity contribution in [3.63, 3.8) is 0 Å². The predicted molar refractivity (Wildman–Crippen MR) is 110 cm³/mol. The fourth-order valence-electron chi connectivity index (χ4n) is 2.32. The van der Waals surface area contributed by atoms with Gasteiger partial charge in [-0.25, -0.2) is 13.8 Å². The second kappa shape index (κ2) is 8.69. The summed E-state index contributed by atoms with van der Waals surface area (Å²) in [6, 6.07) is 21.1. The van der Waals surface area contributed by atoms with Gasteiger partial charge in [-0.1, -0.05) is 41.9 Å². The summed E-state index contributed by atoms with van der Waals surface area (Å²) >= 11 is 5.88. The van der Waals surface area contributed by atoms with Crippen LogP contribution in [0.15, 0.2) is 88.9 Å². The average Bonchev–Trinajstić information content (AvgIpc) is 2.69. The van der Waals surface area contributed by atoms with Gasteiger partial charge in [0.1, 0.15) is 0 Å². The summed E-state index contributed by atoms with van der Waals surface area (Å²) in [4.78, 5) is 12.3. The first-order valence-corrected chi connectivity index (χ1v) is 10.1. The van der Waals surface area contributed by atoms with Gasteiger partial charge in [0.2, 0.25) is 0 Å². The van der Waals surface area contributed by atoms with Crippen molar-refractivity contribution in [1.82, 2.24) is 5.43 Å². The molecule has 0 saturated carbocycles. The van der Waals surface area contributed by atoms with Crippen LogP contribution in [0.25, 0.3) is 0 Å². The molecule has 6 nitrogen and oxygen atoms in total. The van der Waals surface area contributed by atoms with E-state index >= 15 is 0 Å². The maximum Gasteiger partial charge on any atom is 0.271 e. The van der Waals surface area contributed by atoms with Crippen molar-refractivity contribution < 1.29 is 13.2 Å². The van der Waals surface area contributed by atoms with Gasteiger partial charge in [0.05, 0.1) is 11.1 Å². The van der Waals surface area contributed by atoms with Crippen LogP contribution in [0.4, 0.5) is 5.69 Å². The normalized spacial score (nSPS) is 11.3. The molecule has 0 aliphatic rings. The molecule has 3 aromatic rings. The summed E-state index contributed by atoms with van der Waals surface area (Å²) in [5, 5.41) is 4.46. The third-order valence-electron chi connectivity index (χ3n) is 3.68. The van der Waals surface area contributed by atoms with Gasteiger partial charge in [-0.15, -0.1) is 0 Å². The Morgan fingerprint density at radius 3 is 2.32 bits per heavy atom. The molecule has 0 aliphatic heterocycles. The third-order valence-corrected chi connectivity index (χ3v) is 5.31. The van der Waals surface area contributed by atoms with Gasteiger partial charge in [0.25, 0.3) is 15.9 Å². The molecule has 8 heteroatoms. The largest absolute Gasteiger partial charge is 0.280 e. The molecule has 2 N–H and O–H groups in total. The van der Waals surface area contributed by atoms with E-state index < -0.39 is 15.9 Å². The Hall–Kier alpha value is -3.16. The Morgan fingerprint density at radius 1 is 0.929 bits per heavy atom. The standard InChI is InChI=1S/C20H16ClN3O3S/c21-17-6-4-5-15(13-17)14-22-23-20(25)16-9-11-18(12-10-16)24-28(26,27)19-7-2-1-3-8-19/h1-14,24H,(H,23,25)/b22-14-. The van der Waals surface area contributed by atoms with Gasteiger partial charge in [-0.05, 0) is 54.1 Å². The van der Waals surface area contributed by atoms with E-state index in [1.165, 1.54) is 42.6 Å². The third kappa shape index (κ3) is 5.18. The van der Waals surface area contributed by atoms with Crippen LogP contribution in [0.1, 0.15) is 15.9 Å². The summed E-state index contributed by atoms with van der Waals surface area (Å²) in [5.41, 5.74) is 3.85. The van der Waals surface area contributed by atoms with Crippen LogP contribution in [-0.4, -0.2) is 20.5 Å². The van der Waals surface area contributed by atoms with E-state index in [4.69, 9.17) is 11.6 Å². The van der Waals surface area contributed by atoms with Crippen molar-refractivity contribution in [3.8, 4) is 0 Å². The number of anilines is 1. The van der Waals surface area contributed by atoms with Crippen LogP contribution < -0.4 is 10.1 Å². The molecule has 0 radical (unpaired) electrons. The van der Waals surface area contributed by atoms with Crippen LogP contribution in [0.5, 0.6) is 0 Å². The smallest absolute Gasteiger partial charge is 0.271 e. The van der Waals surface area contributed by atoms with Crippen molar-refractivity contribution in [2.45, 2.75) is 4.90 Å². The number of halogens is 1. The van der Waals surface area contributed by atoms with Gasteiger partial charge in [0.15, 0.2) is 0 Å². The highest BCUT2D eigenvalue weighted by Gasteiger charge is 2.13. The van der Waals surface area contributed by atoms with E-state index in [1.54, 1.807) is 42.5 Å². The molecule has 3 aromatic carbocycles. The highest BCUT2D eigenvalue weighted by molar-refractivity contribution is 7.92. The Kier molecular flexibility index (Phi) is 6.08. The number of nitrogens with one attached hydrogen (secondary N) is 2. The highest BCUT2D eigenvalue weighted by Crippen LogP contribution is 2.16. The van der Waals surface area contributed by atoms with E-state index in [-0.39, 0.29) is 4.90 Å². The number of carbonyl (C=O) groups excluding carboxylic acids is 1. The molecule has 142 valence electrons. The molecule has 0 bridgehead atoms. The first kappa shape index (κ1) is 19.6. The highest BCUT2D eigenvalue weighted by atomic mass is 35.5. The quantitative estimate of drug-likeness (QED) is 0.474. The Labute approximate surface area is 167 Å².